The van der Waals surface area contributed by atoms with Gasteiger partial charge < -0.3 is 5.32 Å². The number of aryl methyl sites for hydroxylation is 2. The fourth-order valence-corrected chi connectivity index (χ4v) is 4.30. The summed E-state index contributed by atoms with van der Waals surface area (Å²) in [6, 6.07) is 5.60. The Balaban J connectivity index is 2.05. The maximum atomic E-state index is 12.7. The molecule has 2 rings (SSSR count). The molecule has 0 saturated carbocycles. The molecule has 0 unspecified atom stereocenters. The molecule has 0 aromatic heterocycles. The zero-order chi connectivity index (χ0) is 15.5. The van der Waals surface area contributed by atoms with Crippen molar-refractivity contribution in [3.05, 3.63) is 29.3 Å². The van der Waals surface area contributed by atoms with Crippen LogP contribution in [0.4, 0.5) is 0 Å². The Kier molecular flexibility index (Phi) is 5.41. The van der Waals surface area contributed by atoms with Crippen molar-refractivity contribution in [3.63, 3.8) is 0 Å². The fourth-order valence-electron chi connectivity index (χ4n) is 2.81. The molecular formula is C16H26N2O2S. The van der Waals surface area contributed by atoms with Crippen LogP contribution in [0.3, 0.4) is 0 Å². The molecule has 1 aromatic rings. The second-order valence-electron chi connectivity index (χ2n) is 6.08. The molecule has 0 spiro atoms. The predicted molar refractivity (Wildman–Crippen MR) is 85.9 cm³/mol. The van der Waals surface area contributed by atoms with Gasteiger partial charge in [0, 0.05) is 13.6 Å². The van der Waals surface area contributed by atoms with Gasteiger partial charge in [0.05, 0.1) is 4.90 Å². The minimum atomic E-state index is -3.38. The number of sulfonamides is 1. The number of nitrogens with zero attached hydrogens (tertiary/aromatic N) is 1. The first-order chi connectivity index (χ1) is 9.91. The highest BCUT2D eigenvalue weighted by molar-refractivity contribution is 7.89. The van der Waals surface area contributed by atoms with Crippen LogP contribution in [0.25, 0.3) is 0 Å². The Morgan fingerprint density at radius 1 is 1.24 bits per heavy atom. The van der Waals surface area contributed by atoms with Gasteiger partial charge in [0.25, 0.3) is 0 Å². The lowest BCUT2D eigenvalue weighted by Crippen LogP contribution is -2.33. The number of nitrogens with one attached hydrogen (secondary N) is 1. The second kappa shape index (κ2) is 6.90. The van der Waals surface area contributed by atoms with E-state index in [0.717, 1.165) is 43.5 Å². The smallest absolute Gasteiger partial charge is 0.243 e. The molecular weight excluding hydrogens is 284 g/mol. The zero-order valence-corrected chi connectivity index (χ0v) is 14.0. The third-order valence-corrected chi connectivity index (χ3v) is 6.34. The molecule has 0 atom stereocenters. The molecule has 0 aliphatic carbocycles. The van der Waals surface area contributed by atoms with Gasteiger partial charge in [0.2, 0.25) is 10.0 Å². The van der Waals surface area contributed by atoms with Crippen molar-refractivity contribution in [2.24, 2.45) is 5.92 Å². The molecule has 0 amide bonds. The molecule has 5 heteroatoms. The van der Waals surface area contributed by atoms with E-state index < -0.39 is 10.0 Å². The summed E-state index contributed by atoms with van der Waals surface area (Å²) in [4.78, 5) is 0.440. The first-order valence-corrected chi connectivity index (χ1v) is 9.09. The van der Waals surface area contributed by atoms with Gasteiger partial charge in [-0.25, -0.2) is 12.7 Å². The van der Waals surface area contributed by atoms with Gasteiger partial charge in [-0.05, 0) is 69.3 Å². The van der Waals surface area contributed by atoms with Crippen molar-refractivity contribution < 1.29 is 8.42 Å². The maximum absolute atomic E-state index is 12.7. The third kappa shape index (κ3) is 4.05. The Morgan fingerprint density at radius 2 is 1.90 bits per heavy atom. The number of piperidine rings is 1. The lowest BCUT2D eigenvalue weighted by atomic mass is 9.95. The molecule has 1 heterocycles. The Hall–Kier alpha value is -0.910. The molecule has 1 saturated heterocycles. The average molecular weight is 310 g/mol. The quantitative estimate of drug-likeness (QED) is 0.908. The van der Waals surface area contributed by atoms with E-state index >= 15 is 0 Å². The lowest BCUT2D eigenvalue weighted by molar-refractivity contribution is 0.326. The van der Waals surface area contributed by atoms with Gasteiger partial charge >= 0.3 is 0 Å². The Bertz CT molecular complexity index is 578. The van der Waals surface area contributed by atoms with E-state index in [0.29, 0.717) is 17.4 Å². The molecule has 1 N–H and O–H groups in total. The van der Waals surface area contributed by atoms with Crippen molar-refractivity contribution >= 4 is 10.0 Å². The van der Waals surface area contributed by atoms with Crippen LogP contribution in [0, 0.1) is 19.8 Å². The first kappa shape index (κ1) is 16.5. The van der Waals surface area contributed by atoms with E-state index in [-0.39, 0.29) is 0 Å². The van der Waals surface area contributed by atoms with Crippen molar-refractivity contribution in [3.8, 4) is 0 Å². The number of hydrogen-bond donors (Lipinski definition) is 1. The van der Waals surface area contributed by atoms with Crippen LogP contribution in [-0.4, -0.2) is 39.4 Å². The van der Waals surface area contributed by atoms with Gasteiger partial charge in [-0.15, -0.1) is 0 Å². The van der Waals surface area contributed by atoms with Crippen molar-refractivity contribution in [2.45, 2.75) is 38.0 Å². The van der Waals surface area contributed by atoms with Crippen LogP contribution in [0.2, 0.25) is 0 Å². The molecule has 0 radical (unpaired) electrons. The number of benzene rings is 1. The highest BCUT2D eigenvalue weighted by atomic mass is 32.2. The van der Waals surface area contributed by atoms with Crippen molar-refractivity contribution in [1.82, 2.24) is 9.62 Å². The molecule has 1 aliphatic heterocycles. The Morgan fingerprint density at radius 3 is 2.57 bits per heavy atom. The highest BCUT2D eigenvalue weighted by Crippen LogP contribution is 2.22. The minimum absolute atomic E-state index is 0.440. The van der Waals surface area contributed by atoms with Crippen LogP contribution in [0.15, 0.2) is 23.1 Å². The van der Waals surface area contributed by atoms with Gasteiger partial charge in [0.15, 0.2) is 0 Å². The molecule has 21 heavy (non-hydrogen) atoms. The van der Waals surface area contributed by atoms with Crippen LogP contribution in [0.1, 0.15) is 30.4 Å². The van der Waals surface area contributed by atoms with Gasteiger partial charge in [-0.2, -0.15) is 0 Å². The molecule has 1 fully saturated rings. The monoisotopic (exact) mass is 310 g/mol. The minimum Gasteiger partial charge on any atom is -0.317 e. The van der Waals surface area contributed by atoms with Crippen molar-refractivity contribution in [1.29, 1.82) is 0 Å². The fraction of sp³-hybridized carbons (Fsp3) is 0.625. The number of hydrogen-bond acceptors (Lipinski definition) is 3. The first-order valence-electron chi connectivity index (χ1n) is 7.65. The molecule has 0 bridgehead atoms. The van der Waals surface area contributed by atoms with Gasteiger partial charge in [0.1, 0.15) is 0 Å². The number of rotatable bonds is 5. The van der Waals surface area contributed by atoms with Crippen molar-refractivity contribution in [2.75, 3.05) is 26.7 Å². The molecule has 118 valence electrons. The predicted octanol–water partition coefficient (Wildman–Crippen LogP) is 2.31. The van der Waals surface area contributed by atoms with Crippen LogP contribution < -0.4 is 5.32 Å². The van der Waals surface area contributed by atoms with E-state index in [4.69, 9.17) is 0 Å². The van der Waals surface area contributed by atoms with E-state index in [1.165, 1.54) is 4.31 Å². The molecule has 1 aliphatic rings. The Labute approximate surface area is 128 Å². The lowest BCUT2D eigenvalue weighted by Gasteiger charge is -2.25. The molecule has 4 nitrogen and oxygen atoms in total. The zero-order valence-electron chi connectivity index (χ0n) is 13.2. The second-order valence-corrected chi connectivity index (χ2v) is 8.09. The summed E-state index contributed by atoms with van der Waals surface area (Å²) in [5.41, 5.74) is 1.79. The van der Waals surface area contributed by atoms with E-state index in [9.17, 15) is 8.42 Å². The summed E-state index contributed by atoms with van der Waals surface area (Å²) in [5.74, 6) is 0.641. The van der Waals surface area contributed by atoms with Crippen LogP contribution in [0.5, 0.6) is 0 Å². The summed E-state index contributed by atoms with van der Waals surface area (Å²) < 4.78 is 26.9. The topological polar surface area (TPSA) is 49.4 Å². The summed E-state index contributed by atoms with van der Waals surface area (Å²) >= 11 is 0. The molecule has 1 aromatic carbocycles. The standard InChI is InChI=1S/C16H26N2O2S/c1-13-4-5-14(2)16(12-13)21(19,20)18(3)11-8-15-6-9-17-10-7-15/h4-5,12,15,17H,6-11H2,1-3H3. The summed E-state index contributed by atoms with van der Waals surface area (Å²) in [6.07, 6.45) is 3.25. The van der Waals surface area contributed by atoms with E-state index in [1.54, 1.807) is 13.1 Å². The van der Waals surface area contributed by atoms with Gasteiger partial charge in [-0.3, -0.25) is 0 Å². The maximum Gasteiger partial charge on any atom is 0.243 e. The van der Waals surface area contributed by atoms with Crippen LogP contribution in [-0.2, 0) is 10.0 Å². The largest absolute Gasteiger partial charge is 0.317 e. The SMILES string of the molecule is Cc1ccc(C)c(S(=O)(=O)N(C)CCC2CCNCC2)c1. The van der Waals surface area contributed by atoms with E-state index in [2.05, 4.69) is 5.32 Å². The summed E-state index contributed by atoms with van der Waals surface area (Å²) in [5, 5.41) is 3.34. The van der Waals surface area contributed by atoms with Crippen LogP contribution >= 0.6 is 0 Å². The van der Waals surface area contributed by atoms with Gasteiger partial charge in [-0.1, -0.05) is 12.1 Å². The summed E-state index contributed by atoms with van der Waals surface area (Å²) in [6.45, 7) is 6.48. The summed E-state index contributed by atoms with van der Waals surface area (Å²) in [7, 11) is -1.68. The van der Waals surface area contributed by atoms with E-state index in [1.807, 2.05) is 26.0 Å². The highest BCUT2D eigenvalue weighted by Gasteiger charge is 2.24. The third-order valence-electron chi connectivity index (χ3n) is 4.34. The average Bonchev–Trinajstić information content (AvgIpc) is 2.48. The normalized spacial score (nSPS) is 17.3.